The van der Waals surface area contributed by atoms with Crippen molar-refractivity contribution in [2.75, 3.05) is 7.11 Å². The lowest BCUT2D eigenvalue weighted by atomic mass is 10.2. The molecule has 0 radical (unpaired) electrons. The van der Waals surface area contributed by atoms with E-state index in [9.17, 15) is 0 Å². The first kappa shape index (κ1) is 9.61. The Kier molecular flexibility index (Phi) is 5.19. The molecule has 0 aliphatic rings. The molecule has 10 heavy (non-hydrogen) atoms. The van der Waals surface area contributed by atoms with Gasteiger partial charge in [0.1, 0.15) is 0 Å². The van der Waals surface area contributed by atoms with Gasteiger partial charge < -0.3 is 4.74 Å². The molecule has 0 saturated carbocycles. The van der Waals surface area contributed by atoms with Crippen LogP contribution in [-0.4, -0.2) is 7.11 Å². The van der Waals surface area contributed by atoms with E-state index in [-0.39, 0.29) is 9.90 Å². The molecule has 0 bridgehead atoms. The fraction of sp³-hybridized carbons (Fsp3) is 0.250. The van der Waals surface area contributed by atoms with Crippen LogP contribution in [0.4, 0.5) is 0 Å². The Morgan fingerprint density at radius 2 is 1.80 bits per heavy atom. The van der Waals surface area contributed by atoms with Gasteiger partial charge in [-0.25, -0.2) is 0 Å². The predicted molar refractivity (Wildman–Crippen MR) is 48.3 cm³/mol. The standard InChI is InChI=1S/C8H10O.H3P/c1-9-7-8-5-3-2-4-6-8;/h2-6H,7H2,1H3;1H3. The number of ether oxygens (including phenoxy) is 1. The second kappa shape index (κ2) is 5.40. The van der Waals surface area contributed by atoms with Crippen LogP contribution in [0.1, 0.15) is 5.56 Å². The summed E-state index contributed by atoms with van der Waals surface area (Å²) in [5.74, 6) is 0. The fourth-order valence-corrected chi connectivity index (χ4v) is 0.741. The Labute approximate surface area is 65.0 Å². The average Bonchev–Trinajstić information content (AvgIpc) is 1.91. The van der Waals surface area contributed by atoms with E-state index in [0.717, 1.165) is 0 Å². The zero-order chi connectivity index (χ0) is 6.53. The van der Waals surface area contributed by atoms with Crippen molar-refractivity contribution in [3.63, 3.8) is 0 Å². The average molecular weight is 156 g/mol. The molecule has 0 aromatic heterocycles. The molecular formula is C8H13OP. The highest BCUT2D eigenvalue weighted by Gasteiger charge is 1.84. The third kappa shape index (κ3) is 2.95. The maximum atomic E-state index is 4.93. The molecule has 1 unspecified atom stereocenters. The van der Waals surface area contributed by atoms with Gasteiger partial charge in [0, 0.05) is 7.11 Å². The summed E-state index contributed by atoms with van der Waals surface area (Å²) in [6.07, 6.45) is 0. The minimum absolute atomic E-state index is 0. The van der Waals surface area contributed by atoms with Crippen LogP contribution in [0.25, 0.3) is 0 Å². The van der Waals surface area contributed by atoms with E-state index < -0.39 is 0 Å². The lowest BCUT2D eigenvalue weighted by Crippen LogP contribution is -1.84. The Morgan fingerprint density at radius 1 is 1.20 bits per heavy atom. The Bertz CT molecular complexity index is 162. The summed E-state index contributed by atoms with van der Waals surface area (Å²) in [5, 5.41) is 0. The molecule has 1 nitrogen and oxygen atoms in total. The Morgan fingerprint density at radius 3 is 2.30 bits per heavy atom. The molecular weight excluding hydrogens is 143 g/mol. The van der Waals surface area contributed by atoms with Crippen LogP contribution in [0.5, 0.6) is 0 Å². The van der Waals surface area contributed by atoms with Crippen LogP contribution in [0.2, 0.25) is 0 Å². The van der Waals surface area contributed by atoms with E-state index in [1.165, 1.54) is 5.56 Å². The maximum Gasteiger partial charge on any atom is 0.0713 e. The van der Waals surface area contributed by atoms with Crippen LogP contribution < -0.4 is 0 Å². The highest BCUT2D eigenvalue weighted by atomic mass is 31.0. The first-order valence-corrected chi connectivity index (χ1v) is 2.96. The molecule has 0 aliphatic carbocycles. The molecule has 1 atom stereocenters. The summed E-state index contributed by atoms with van der Waals surface area (Å²) >= 11 is 0. The number of rotatable bonds is 2. The van der Waals surface area contributed by atoms with E-state index >= 15 is 0 Å². The van der Waals surface area contributed by atoms with Crippen molar-refractivity contribution in [2.45, 2.75) is 6.61 Å². The van der Waals surface area contributed by atoms with Gasteiger partial charge in [0.25, 0.3) is 0 Å². The van der Waals surface area contributed by atoms with Crippen LogP contribution in [0.15, 0.2) is 30.3 Å². The second-order valence-corrected chi connectivity index (χ2v) is 1.92. The molecule has 2 heteroatoms. The summed E-state index contributed by atoms with van der Waals surface area (Å²) < 4.78 is 4.93. The number of benzene rings is 1. The molecule has 1 aromatic carbocycles. The first-order valence-electron chi connectivity index (χ1n) is 2.96. The topological polar surface area (TPSA) is 9.23 Å². The van der Waals surface area contributed by atoms with Crippen molar-refractivity contribution in [3.05, 3.63) is 35.9 Å². The van der Waals surface area contributed by atoms with Gasteiger partial charge in [-0.3, -0.25) is 0 Å². The van der Waals surface area contributed by atoms with Crippen LogP contribution in [-0.2, 0) is 11.3 Å². The third-order valence-electron chi connectivity index (χ3n) is 1.15. The van der Waals surface area contributed by atoms with Crippen molar-refractivity contribution in [2.24, 2.45) is 0 Å². The van der Waals surface area contributed by atoms with E-state index in [2.05, 4.69) is 0 Å². The molecule has 1 rings (SSSR count). The van der Waals surface area contributed by atoms with Crippen molar-refractivity contribution in [3.8, 4) is 0 Å². The number of hydrogen-bond acceptors (Lipinski definition) is 1. The molecule has 0 heterocycles. The van der Waals surface area contributed by atoms with Crippen LogP contribution >= 0.6 is 9.90 Å². The van der Waals surface area contributed by atoms with E-state index in [1.54, 1.807) is 7.11 Å². The largest absolute Gasteiger partial charge is 0.380 e. The quantitative estimate of drug-likeness (QED) is 0.594. The summed E-state index contributed by atoms with van der Waals surface area (Å²) in [7, 11) is 1.70. The van der Waals surface area contributed by atoms with Gasteiger partial charge in [-0.1, -0.05) is 30.3 Å². The molecule has 0 spiro atoms. The van der Waals surface area contributed by atoms with Crippen LogP contribution in [0.3, 0.4) is 0 Å². The van der Waals surface area contributed by atoms with Crippen molar-refractivity contribution in [1.82, 2.24) is 0 Å². The molecule has 0 amide bonds. The smallest absolute Gasteiger partial charge is 0.0713 e. The van der Waals surface area contributed by atoms with Gasteiger partial charge in [-0.2, -0.15) is 9.90 Å². The first-order chi connectivity index (χ1) is 4.43. The molecule has 56 valence electrons. The van der Waals surface area contributed by atoms with Gasteiger partial charge in [0.2, 0.25) is 0 Å². The Balaban J connectivity index is 0.000000810. The molecule has 0 fully saturated rings. The zero-order valence-electron chi connectivity index (χ0n) is 6.21. The summed E-state index contributed by atoms with van der Waals surface area (Å²) in [5.41, 5.74) is 1.22. The molecule has 0 N–H and O–H groups in total. The van der Waals surface area contributed by atoms with Gasteiger partial charge >= 0.3 is 0 Å². The molecule has 0 saturated heterocycles. The van der Waals surface area contributed by atoms with Gasteiger partial charge in [-0.15, -0.1) is 0 Å². The summed E-state index contributed by atoms with van der Waals surface area (Å²) in [4.78, 5) is 0. The lowest BCUT2D eigenvalue weighted by Gasteiger charge is -1.95. The monoisotopic (exact) mass is 156 g/mol. The number of hydrogen-bond donors (Lipinski definition) is 0. The summed E-state index contributed by atoms with van der Waals surface area (Å²) in [6, 6.07) is 10.1. The van der Waals surface area contributed by atoms with E-state index in [1.807, 2.05) is 30.3 Å². The van der Waals surface area contributed by atoms with Crippen molar-refractivity contribution in [1.29, 1.82) is 0 Å². The van der Waals surface area contributed by atoms with Crippen LogP contribution in [0, 0.1) is 0 Å². The van der Waals surface area contributed by atoms with Gasteiger partial charge in [0.05, 0.1) is 6.61 Å². The predicted octanol–water partition coefficient (Wildman–Crippen LogP) is 1.89. The highest BCUT2D eigenvalue weighted by molar-refractivity contribution is 6.92. The SMILES string of the molecule is COCc1ccccc1.P. The fourth-order valence-electron chi connectivity index (χ4n) is 0.741. The normalized spacial score (nSPS) is 8.50. The summed E-state index contributed by atoms with van der Waals surface area (Å²) in [6.45, 7) is 0.709. The van der Waals surface area contributed by atoms with E-state index in [0.29, 0.717) is 6.61 Å². The zero-order valence-corrected chi connectivity index (χ0v) is 7.62. The van der Waals surface area contributed by atoms with Gasteiger partial charge in [0.15, 0.2) is 0 Å². The molecule has 1 aromatic rings. The third-order valence-corrected chi connectivity index (χ3v) is 1.15. The highest BCUT2D eigenvalue weighted by Crippen LogP contribution is 1.98. The Hall–Kier alpha value is -0.390. The molecule has 0 aliphatic heterocycles. The van der Waals surface area contributed by atoms with Gasteiger partial charge in [-0.05, 0) is 5.56 Å². The lowest BCUT2D eigenvalue weighted by molar-refractivity contribution is 0.185. The van der Waals surface area contributed by atoms with Crippen molar-refractivity contribution >= 4 is 9.90 Å². The minimum atomic E-state index is 0. The minimum Gasteiger partial charge on any atom is -0.380 e. The second-order valence-electron chi connectivity index (χ2n) is 1.92. The maximum absolute atomic E-state index is 4.93. The van der Waals surface area contributed by atoms with E-state index in [4.69, 9.17) is 4.74 Å². The number of methoxy groups -OCH3 is 1. The van der Waals surface area contributed by atoms with Crippen molar-refractivity contribution < 1.29 is 4.74 Å².